The van der Waals surface area contributed by atoms with Gasteiger partial charge in [-0.3, -0.25) is 4.79 Å². The van der Waals surface area contributed by atoms with Crippen molar-refractivity contribution < 1.29 is 13.6 Å². The molecule has 0 aromatic heterocycles. The smallest absolute Gasteiger partial charge is 0.241 e. The van der Waals surface area contributed by atoms with Crippen LogP contribution in [0.5, 0.6) is 0 Å². The summed E-state index contributed by atoms with van der Waals surface area (Å²) in [4.78, 5) is 13.8. The van der Waals surface area contributed by atoms with Crippen LogP contribution in [0.15, 0.2) is 18.2 Å². The van der Waals surface area contributed by atoms with E-state index < -0.39 is 11.6 Å². The number of benzene rings is 1. The van der Waals surface area contributed by atoms with Crippen molar-refractivity contribution in [1.82, 2.24) is 4.90 Å². The number of likely N-dealkylation sites (tertiary alicyclic amines) is 1. The van der Waals surface area contributed by atoms with Crippen LogP contribution in [0.2, 0.25) is 0 Å². The number of hydrogen-bond donors (Lipinski definition) is 1. The van der Waals surface area contributed by atoms with Crippen LogP contribution in [-0.2, 0) is 4.79 Å². The number of rotatable bonds is 3. The Hall–Kier alpha value is -1.65. The van der Waals surface area contributed by atoms with E-state index in [2.05, 4.69) is 5.32 Å². The molecule has 0 spiro atoms. The lowest BCUT2D eigenvalue weighted by Gasteiger charge is -2.20. The predicted molar refractivity (Wildman–Crippen MR) is 69.9 cm³/mol. The lowest BCUT2D eigenvalue weighted by atomic mass is 10.2. The average molecular weight is 268 g/mol. The van der Waals surface area contributed by atoms with Crippen LogP contribution in [-0.4, -0.2) is 30.4 Å². The normalized spacial score (nSPS) is 16.0. The molecule has 1 aliphatic heterocycles. The van der Waals surface area contributed by atoms with Gasteiger partial charge in [0.15, 0.2) is 0 Å². The molecular formula is C14H18F2N2O. The quantitative estimate of drug-likeness (QED) is 0.914. The zero-order valence-electron chi connectivity index (χ0n) is 10.8. The van der Waals surface area contributed by atoms with Gasteiger partial charge >= 0.3 is 0 Å². The Kier molecular flexibility index (Phi) is 4.71. The number of nitrogens with zero attached hydrogens (tertiary/aromatic N) is 1. The van der Waals surface area contributed by atoms with Gasteiger partial charge in [0, 0.05) is 13.1 Å². The van der Waals surface area contributed by atoms with Crippen LogP contribution in [0.3, 0.4) is 0 Å². The number of amides is 1. The minimum absolute atomic E-state index is 0.000370. The van der Waals surface area contributed by atoms with E-state index in [1.165, 1.54) is 0 Å². The predicted octanol–water partition coefficient (Wildman–Crippen LogP) is 2.78. The summed E-state index contributed by atoms with van der Waals surface area (Å²) < 4.78 is 26.4. The van der Waals surface area contributed by atoms with E-state index in [1.807, 2.05) is 0 Å². The molecule has 0 atom stereocenters. The molecule has 1 N–H and O–H groups in total. The van der Waals surface area contributed by atoms with Crippen LogP contribution >= 0.6 is 0 Å². The van der Waals surface area contributed by atoms with Crippen molar-refractivity contribution in [2.24, 2.45) is 0 Å². The minimum Gasteiger partial charge on any atom is -0.374 e. The molecule has 0 bridgehead atoms. The molecule has 0 radical (unpaired) electrons. The molecule has 0 unspecified atom stereocenters. The third-order valence-electron chi connectivity index (χ3n) is 3.32. The fourth-order valence-electron chi connectivity index (χ4n) is 2.24. The molecule has 1 saturated heterocycles. The summed E-state index contributed by atoms with van der Waals surface area (Å²) in [5.74, 6) is -1.14. The van der Waals surface area contributed by atoms with Crippen LogP contribution in [0.4, 0.5) is 14.5 Å². The van der Waals surface area contributed by atoms with Gasteiger partial charge in [-0.15, -0.1) is 0 Å². The van der Waals surface area contributed by atoms with E-state index in [0.717, 1.165) is 57.0 Å². The van der Waals surface area contributed by atoms with Crippen molar-refractivity contribution >= 4 is 11.6 Å². The Morgan fingerprint density at radius 2 is 1.84 bits per heavy atom. The van der Waals surface area contributed by atoms with Crippen molar-refractivity contribution in [3.05, 3.63) is 29.8 Å². The van der Waals surface area contributed by atoms with Crippen molar-refractivity contribution in [2.45, 2.75) is 25.7 Å². The molecule has 104 valence electrons. The molecule has 19 heavy (non-hydrogen) atoms. The fourth-order valence-corrected chi connectivity index (χ4v) is 2.24. The SMILES string of the molecule is O=C(CNc1cc(F)ccc1F)N1CCCCCC1. The summed E-state index contributed by atoms with van der Waals surface area (Å²) in [6.45, 7) is 1.51. The zero-order valence-corrected chi connectivity index (χ0v) is 10.8. The molecule has 1 heterocycles. The first kappa shape index (κ1) is 13.8. The highest BCUT2D eigenvalue weighted by Gasteiger charge is 2.15. The monoisotopic (exact) mass is 268 g/mol. The number of halogens is 2. The molecule has 1 fully saturated rings. The Balaban J connectivity index is 1.90. The molecule has 0 aliphatic carbocycles. The number of anilines is 1. The van der Waals surface area contributed by atoms with E-state index in [-0.39, 0.29) is 18.1 Å². The minimum atomic E-state index is -0.551. The summed E-state index contributed by atoms with van der Waals surface area (Å²) in [5.41, 5.74) is 0.0307. The van der Waals surface area contributed by atoms with Crippen LogP contribution in [0, 0.1) is 11.6 Å². The Bertz CT molecular complexity index is 443. The second kappa shape index (κ2) is 6.50. The molecule has 1 amide bonds. The van der Waals surface area contributed by atoms with Gasteiger partial charge in [-0.05, 0) is 31.0 Å². The van der Waals surface area contributed by atoms with Gasteiger partial charge in [0.25, 0.3) is 0 Å². The first-order valence-electron chi connectivity index (χ1n) is 6.63. The second-order valence-electron chi connectivity index (χ2n) is 4.77. The van der Waals surface area contributed by atoms with Crippen molar-refractivity contribution in [3.63, 3.8) is 0 Å². The highest BCUT2D eigenvalue weighted by molar-refractivity contribution is 5.80. The third-order valence-corrected chi connectivity index (χ3v) is 3.32. The maximum absolute atomic E-state index is 13.4. The second-order valence-corrected chi connectivity index (χ2v) is 4.77. The average Bonchev–Trinajstić information content (AvgIpc) is 2.68. The molecule has 0 saturated carbocycles. The number of carbonyl (C=O) groups excluding carboxylic acids is 1. The lowest BCUT2D eigenvalue weighted by Crippen LogP contribution is -2.36. The molecule has 3 nitrogen and oxygen atoms in total. The summed E-state index contributed by atoms with van der Waals surface area (Å²) >= 11 is 0. The van der Waals surface area contributed by atoms with Crippen LogP contribution in [0.25, 0.3) is 0 Å². The van der Waals surface area contributed by atoms with Gasteiger partial charge in [0.2, 0.25) is 5.91 Å². The Labute approximate surface area is 111 Å². The number of carbonyl (C=O) groups is 1. The van der Waals surface area contributed by atoms with E-state index in [1.54, 1.807) is 4.90 Å². The fraction of sp³-hybridized carbons (Fsp3) is 0.500. The summed E-state index contributed by atoms with van der Waals surface area (Å²) in [7, 11) is 0. The molecule has 2 rings (SSSR count). The van der Waals surface area contributed by atoms with Gasteiger partial charge in [0.1, 0.15) is 11.6 Å². The van der Waals surface area contributed by atoms with Crippen LogP contribution in [0.1, 0.15) is 25.7 Å². The van der Waals surface area contributed by atoms with Crippen molar-refractivity contribution in [1.29, 1.82) is 0 Å². The van der Waals surface area contributed by atoms with E-state index >= 15 is 0 Å². The van der Waals surface area contributed by atoms with Gasteiger partial charge < -0.3 is 10.2 Å². The standard InChI is InChI=1S/C14H18F2N2O/c15-11-5-6-12(16)13(9-11)17-10-14(19)18-7-3-1-2-4-8-18/h5-6,9,17H,1-4,7-8,10H2. The molecule has 1 aliphatic rings. The number of nitrogens with one attached hydrogen (secondary N) is 1. The van der Waals surface area contributed by atoms with Gasteiger partial charge in [-0.2, -0.15) is 0 Å². The Morgan fingerprint density at radius 3 is 2.53 bits per heavy atom. The van der Waals surface area contributed by atoms with Gasteiger partial charge in [-0.1, -0.05) is 12.8 Å². The Morgan fingerprint density at radius 1 is 1.16 bits per heavy atom. The summed E-state index contributed by atoms with van der Waals surface area (Å²) in [5, 5.41) is 2.67. The largest absolute Gasteiger partial charge is 0.374 e. The van der Waals surface area contributed by atoms with E-state index in [4.69, 9.17) is 0 Å². The first-order chi connectivity index (χ1) is 9.16. The van der Waals surface area contributed by atoms with E-state index in [9.17, 15) is 13.6 Å². The van der Waals surface area contributed by atoms with Crippen molar-refractivity contribution in [3.8, 4) is 0 Å². The first-order valence-corrected chi connectivity index (χ1v) is 6.63. The third kappa shape index (κ3) is 3.91. The zero-order chi connectivity index (χ0) is 13.7. The number of hydrogen-bond acceptors (Lipinski definition) is 2. The van der Waals surface area contributed by atoms with Crippen molar-refractivity contribution in [2.75, 3.05) is 25.0 Å². The lowest BCUT2D eigenvalue weighted by molar-refractivity contribution is -0.129. The molecule has 5 heteroatoms. The van der Waals surface area contributed by atoms with E-state index in [0.29, 0.717) is 0 Å². The summed E-state index contributed by atoms with van der Waals surface area (Å²) in [6, 6.07) is 3.16. The topological polar surface area (TPSA) is 32.3 Å². The highest BCUT2D eigenvalue weighted by Crippen LogP contribution is 2.15. The van der Waals surface area contributed by atoms with Gasteiger partial charge in [-0.25, -0.2) is 8.78 Å². The molecular weight excluding hydrogens is 250 g/mol. The maximum atomic E-state index is 13.4. The maximum Gasteiger partial charge on any atom is 0.241 e. The molecule has 1 aromatic rings. The highest BCUT2D eigenvalue weighted by atomic mass is 19.1. The van der Waals surface area contributed by atoms with Gasteiger partial charge in [0.05, 0.1) is 12.2 Å². The van der Waals surface area contributed by atoms with Crippen LogP contribution < -0.4 is 5.32 Å². The summed E-state index contributed by atoms with van der Waals surface area (Å²) in [6.07, 6.45) is 4.32. The molecule has 1 aromatic carbocycles.